The van der Waals surface area contributed by atoms with Crippen LogP contribution in [0.5, 0.6) is 0 Å². The van der Waals surface area contributed by atoms with Gasteiger partial charge in [-0.15, -0.1) is 0 Å². The van der Waals surface area contributed by atoms with Crippen molar-refractivity contribution in [1.82, 2.24) is 14.1 Å². The predicted molar refractivity (Wildman–Crippen MR) is 100 cm³/mol. The van der Waals surface area contributed by atoms with Gasteiger partial charge in [-0.3, -0.25) is 4.79 Å². The third-order valence-electron chi connectivity index (χ3n) is 3.53. The maximum absolute atomic E-state index is 12.6. The largest absolute Gasteiger partial charge is 0.307 e. The summed E-state index contributed by atoms with van der Waals surface area (Å²) in [6.45, 7) is 2.13. The molecule has 0 bridgehead atoms. The van der Waals surface area contributed by atoms with Crippen LogP contribution >= 0.6 is 15.9 Å². The Morgan fingerprint density at radius 1 is 1.38 bits per heavy atom. The number of nitrogens with zero attached hydrogens (tertiary/aromatic N) is 4. The fourth-order valence-electron chi connectivity index (χ4n) is 2.20. The molecule has 0 aliphatic heterocycles. The van der Waals surface area contributed by atoms with Gasteiger partial charge in [0.2, 0.25) is 10.0 Å². The zero-order valence-electron chi connectivity index (χ0n) is 14.5. The second-order valence-corrected chi connectivity index (χ2v) is 8.66. The lowest BCUT2D eigenvalue weighted by atomic mass is 10.2. The fraction of sp³-hybridized carbons (Fsp3) is 0.312. The summed E-state index contributed by atoms with van der Waals surface area (Å²) < 4.78 is 27.7. The zero-order chi connectivity index (χ0) is 19.5. The van der Waals surface area contributed by atoms with Crippen LogP contribution in [0.1, 0.15) is 22.5 Å². The lowest BCUT2D eigenvalue weighted by Gasteiger charge is -2.14. The van der Waals surface area contributed by atoms with Gasteiger partial charge in [0.15, 0.2) is 0 Å². The van der Waals surface area contributed by atoms with Gasteiger partial charge in [0.25, 0.3) is 5.91 Å². The smallest absolute Gasteiger partial charge is 0.256 e. The number of anilines is 1. The Balaban J connectivity index is 2.33. The number of nitrogens with one attached hydrogen (secondary N) is 1. The van der Waals surface area contributed by atoms with Gasteiger partial charge in [-0.2, -0.15) is 10.4 Å². The Bertz CT molecular complexity index is 976. The molecule has 0 saturated carbocycles. The number of sulfonamides is 1. The first-order valence-electron chi connectivity index (χ1n) is 7.61. The molecule has 2 aromatic rings. The molecule has 1 aromatic heterocycles. The van der Waals surface area contributed by atoms with Crippen LogP contribution in [0.4, 0.5) is 5.82 Å². The Hall–Kier alpha value is -2.22. The average molecular weight is 440 g/mol. The molecule has 1 aromatic carbocycles. The number of rotatable bonds is 6. The van der Waals surface area contributed by atoms with E-state index in [4.69, 9.17) is 5.26 Å². The maximum atomic E-state index is 12.6. The van der Waals surface area contributed by atoms with Crippen molar-refractivity contribution in [3.63, 3.8) is 0 Å². The van der Waals surface area contributed by atoms with Crippen LogP contribution in [0.25, 0.3) is 0 Å². The van der Waals surface area contributed by atoms with Crippen molar-refractivity contribution >= 4 is 37.7 Å². The SMILES string of the molecule is Cc1cc(NC(=O)c2ccc(Br)c(S(=O)(=O)N(C)C)c2)n(CCC#N)n1. The summed E-state index contributed by atoms with van der Waals surface area (Å²) in [5.41, 5.74) is 0.893. The van der Waals surface area contributed by atoms with Gasteiger partial charge in [-0.05, 0) is 41.1 Å². The summed E-state index contributed by atoms with van der Waals surface area (Å²) in [5, 5.41) is 15.7. The van der Waals surface area contributed by atoms with Crippen molar-refractivity contribution in [3.8, 4) is 6.07 Å². The highest BCUT2D eigenvalue weighted by molar-refractivity contribution is 9.10. The molecular weight excluding hydrogens is 422 g/mol. The molecule has 0 spiro atoms. The molecule has 2 rings (SSSR count). The number of aryl methyl sites for hydroxylation is 2. The third-order valence-corrected chi connectivity index (χ3v) is 6.34. The molecule has 0 unspecified atom stereocenters. The summed E-state index contributed by atoms with van der Waals surface area (Å²) in [6.07, 6.45) is 0.257. The van der Waals surface area contributed by atoms with Gasteiger partial charge in [0.05, 0.1) is 29.6 Å². The van der Waals surface area contributed by atoms with E-state index >= 15 is 0 Å². The van der Waals surface area contributed by atoms with Gasteiger partial charge < -0.3 is 5.32 Å². The standard InChI is InChI=1S/C16H18BrN5O3S/c1-11-9-15(22(20-11)8-4-7-18)19-16(23)12-5-6-13(17)14(10-12)26(24,25)21(2)3/h5-6,9-10H,4,8H2,1-3H3,(H,19,23). The van der Waals surface area contributed by atoms with E-state index in [1.165, 1.54) is 37.0 Å². The van der Waals surface area contributed by atoms with Gasteiger partial charge >= 0.3 is 0 Å². The lowest BCUT2D eigenvalue weighted by molar-refractivity contribution is 0.102. The van der Waals surface area contributed by atoms with Crippen LogP contribution in [-0.2, 0) is 16.6 Å². The highest BCUT2D eigenvalue weighted by Crippen LogP contribution is 2.25. The van der Waals surface area contributed by atoms with Crippen LogP contribution in [0.2, 0.25) is 0 Å². The first kappa shape index (κ1) is 20.1. The normalized spacial score (nSPS) is 11.4. The first-order chi connectivity index (χ1) is 12.2. The van der Waals surface area contributed by atoms with Crippen LogP contribution in [0.15, 0.2) is 33.6 Å². The summed E-state index contributed by atoms with van der Waals surface area (Å²) in [4.78, 5) is 12.6. The van der Waals surface area contributed by atoms with Crippen molar-refractivity contribution in [1.29, 1.82) is 5.26 Å². The molecule has 0 atom stereocenters. The van der Waals surface area contributed by atoms with Crippen molar-refractivity contribution in [2.45, 2.75) is 24.8 Å². The molecule has 8 nitrogen and oxygen atoms in total. The summed E-state index contributed by atoms with van der Waals surface area (Å²) in [7, 11) is -0.856. The van der Waals surface area contributed by atoms with Crippen LogP contribution in [0.3, 0.4) is 0 Å². The number of carbonyl (C=O) groups is 1. The zero-order valence-corrected chi connectivity index (χ0v) is 16.9. The molecule has 1 heterocycles. The number of hydrogen-bond acceptors (Lipinski definition) is 5. The number of halogens is 1. The van der Waals surface area contributed by atoms with E-state index in [1.54, 1.807) is 13.0 Å². The first-order valence-corrected chi connectivity index (χ1v) is 9.85. The van der Waals surface area contributed by atoms with Gasteiger partial charge in [0.1, 0.15) is 5.82 Å². The highest BCUT2D eigenvalue weighted by atomic mass is 79.9. The average Bonchev–Trinajstić information content (AvgIpc) is 2.92. The number of hydrogen-bond donors (Lipinski definition) is 1. The number of benzene rings is 1. The minimum atomic E-state index is -3.70. The van der Waals surface area contributed by atoms with Crippen molar-refractivity contribution in [2.75, 3.05) is 19.4 Å². The highest BCUT2D eigenvalue weighted by Gasteiger charge is 2.22. The second-order valence-electron chi connectivity index (χ2n) is 5.69. The minimum absolute atomic E-state index is 0.00400. The number of nitriles is 1. The monoisotopic (exact) mass is 439 g/mol. The molecule has 1 N–H and O–H groups in total. The van der Waals surface area contributed by atoms with E-state index in [0.717, 1.165) is 4.31 Å². The molecule has 1 amide bonds. The van der Waals surface area contributed by atoms with Crippen LogP contribution < -0.4 is 5.32 Å². The predicted octanol–water partition coefficient (Wildman–Crippen LogP) is 2.37. The molecule has 10 heteroatoms. The van der Waals surface area contributed by atoms with Gasteiger partial charge in [-0.1, -0.05) is 0 Å². The molecule has 26 heavy (non-hydrogen) atoms. The molecule has 138 valence electrons. The van der Waals surface area contributed by atoms with E-state index in [1.807, 2.05) is 6.07 Å². The Morgan fingerprint density at radius 2 is 2.08 bits per heavy atom. The van der Waals surface area contributed by atoms with Crippen molar-refractivity contribution in [3.05, 3.63) is 40.0 Å². The molecule has 0 saturated heterocycles. The van der Waals surface area contributed by atoms with E-state index < -0.39 is 15.9 Å². The Kier molecular flexibility index (Phi) is 6.17. The quantitative estimate of drug-likeness (QED) is 0.742. The van der Waals surface area contributed by atoms with E-state index in [9.17, 15) is 13.2 Å². The van der Waals surface area contributed by atoms with Crippen LogP contribution in [0, 0.1) is 18.3 Å². The number of carbonyl (C=O) groups excluding carboxylic acids is 1. The summed E-state index contributed by atoms with van der Waals surface area (Å²) in [5.74, 6) is -0.0199. The minimum Gasteiger partial charge on any atom is -0.307 e. The second kappa shape index (κ2) is 7.99. The number of aromatic nitrogens is 2. The van der Waals surface area contributed by atoms with E-state index in [2.05, 4.69) is 26.3 Å². The van der Waals surface area contributed by atoms with Crippen molar-refractivity contribution < 1.29 is 13.2 Å². The fourth-order valence-corrected chi connectivity index (χ4v) is 4.04. The van der Waals surface area contributed by atoms with E-state index in [0.29, 0.717) is 22.5 Å². The van der Waals surface area contributed by atoms with Gasteiger partial charge in [-0.25, -0.2) is 17.4 Å². The van der Waals surface area contributed by atoms with Crippen molar-refractivity contribution in [2.24, 2.45) is 0 Å². The molecular formula is C16H18BrN5O3S. The molecule has 0 aliphatic rings. The third kappa shape index (κ3) is 4.30. The topological polar surface area (TPSA) is 108 Å². The Labute approximate surface area is 160 Å². The van der Waals surface area contributed by atoms with E-state index in [-0.39, 0.29) is 16.9 Å². The summed E-state index contributed by atoms with van der Waals surface area (Å²) >= 11 is 3.21. The van der Waals surface area contributed by atoms with Gasteiger partial charge in [0, 0.05) is 30.2 Å². The lowest BCUT2D eigenvalue weighted by Crippen LogP contribution is -2.23. The number of amides is 1. The molecule has 0 radical (unpaired) electrons. The maximum Gasteiger partial charge on any atom is 0.256 e. The Morgan fingerprint density at radius 3 is 2.69 bits per heavy atom. The molecule has 0 fully saturated rings. The molecule has 0 aliphatic carbocycles. The summed E-state index contributed by atoms with van der Waals surface area (Å²) in [6, 6.07) is 8.07. The van der Waals surface area contributed by atoms with Crippen LogP contribution in [-0.4, -0.2) is 42.5 Å².